The number of amides is 2. The Bertz CT molecular complexity index is 737. The molecule has 0 saturated heterocycles. The van der Waals surface area contributed by atoms with E-state index >= 15 is 0 Å². The fourth-order valence-corrected chi connectivity index (χ4v) is 2.85. The Morgan fingerprint density at radius 2 is 1.96 bits per heavy atom. The molecule has 0 aliphatic heterocycles. The van der Waals surface area contributed by atoms with Gasteiger partial charge in [-0.15, -0.1) is 11.3 Å². The molecule has 1 heterocycles. The first-order chi connectivity index (χ1) is 12.6. The summed E-state index contributed by atoms with van der Waals surface area (Å²) < 4.78 is 5.26. The van der Waals surface area contributed by atoms with Crippen molar-refractivity contribution in [2.75, 3.05) is 19.8 Å². The van der Waals surface area contributed by atoms with E-state index < -0.39 is 0 Å². The standard InChI is InChI=1S/C20H24N2O3S/c1-3-25-12-5-11-21-20(24)18(14-17-6-4-13-26-17)22-19(23)16-9-7-15(2)8-10-16/h4,6-10,13-14H,3,5,11-12H2,1-2H3,(H,21,24)(H,22,23)/b18-14-. The number of carbonyl (C=O) groups is 2. The largest absolute Gasteiger partial charge is 0.382 e. The zero-order valence-electron chi connectivity index (χ0n) is 15.1. The van der Waals surface area contributed by atoms with Gasteiger partial charge in [0.15, 0.2) is 0 Å². The highest BCUT2D eigenvalue weighted by molar-refractivity contribution is 7.10. The first-order valence-electron chi connectivity index (χ1n) is 8.59. The molecule has 2 rings (SSSR count). The maximum atomic E-state index is 12.5. The molecule has 1 aromatic heterocycles. The third-order valence-electron chi connectivity index (χ3n) is 3.59. The van der Waals surface area contributed by atoms with Gasteiger partial charge in [0.2, 0.25) is 0 Å². The van der Waals surface area contributed by atoms with Gasteiger partial charge in [0.1, 0.15) is 5.70 Å². The third kappa shape index (κ3) is 6.46. The van der Waals surface area contributed by atoms with Crippen LogP contribution in [0.1, 0.15) is 34.1 Å². The average molecular weight is 372 g/mol. The predicted molar refractivity (Wildman–Crippen MR) is 105 cm³/mol. The second kappa shape index (κ2) is 10.5. The van der Waals surface area contributed by atoms with E-state index in [9.17, 15) is 9.59 Å². The molecule has 2 aromatic rings. The molecule has 5 nitrogen and oxygen atoms in total. The molecule has 0 spiro atoms. The second-order valence-corrected chi connectivity index (χ2v) is 6.68. The van der Waals surface area contributed by atoms with Crippen molar-refractivity contribution in [3.8, 4) is 0 Å². The molecule has 2 amide bonds. The number of rotatable bonds is 9. The summed E-state index contributed by atoms with van der Waals surface area (Å²) in [6, 6.07) is 11.0. The van der Waals surface area contributed by atoms with Crippen LogP contribution < -0.4 is 10.6 Å². The minimum Gasteiger partial charge on any atom is -0.382 e. The fourth-order valence-electron chi connectivity index (χ4n) is 2.19. The van der Waals surface area contributed by atoms with Gasteiger partial charge in [-0.05, 0) is 49.9 Å². The normalized spacial score (nSPS) is 11.2. The summed E-state index contributed by atoms with van der Waals surface area (Å²) in [6.07, 6.45) is 2.41. The Hall–Kier alpha value is -2.44. The van der Waals surface area contributed by atoms with Gasteiger partial charge in [-0.3, -0.25) is 9.59 Å². The molecule has 0 aliphatic carbocycles. The molecule has 6 heteroatoms. The first-order valence-corrected chi connectivity index (χ1v) is 9.47. The van der Waals surface area contributed by atoms with Crippen LogP contribution in [0.5, 0.6) is 0 Å². The van der Waals surface area contributed by atoms with Gasteiger partial charge in [-0.1, -0.05) is 23.8 Å². The smallest absolute Gasteiger partial charge is 0.267 e. The Morgan fingerprint density at radius 3 is 2.62 bits per heavy atom. The van der Waals surface area contributed by atoms with Crippen molar-refractivity contribution in [3.63, 3.8) is 0 Å². The summed E-state index contributed by atoms with van der Waals surface area (Å²) in [7, 11) is 0. The molecule has 0 unspecified atom stereocenters. The van der Waals surface area contributed by atoms with Gasteiger partial charge in [-0.25, -0.2) is 0 Å². The van der Waals surface area contributed by atoms with E-state index in [1.807, 2.05) is 43.5 Å². The van der Waals surface area contributed by atoms with E-state index in [1.165, 1.54) is 11.3 Å². The molecule has 0 fully saturated rings. The van der Waals surface area contributed by atoms with Crippen LogP contribution in [0.25, 0.3) is 6.08 Å². The molecule has 0 atom stereocenters. The van der Waals surface area contributed by atoms with Crippen molar-refractivity contribution in [1.82, 2.24) is 10.6 Å². The molecule has 26 heavy (non-hydrogen) atoms. The van der Waals surface area contributed by atoms with E-state index in [-0.39, 0.29) is 17.5 Å². The number of carbonyl (C=O) groups excluding carboxylic acids is 2. The van der Waals surface area contributed by atoms with E-state index in [2.05, 4.69) is 10.6 Å². The summed E-state index contributed by atoms with van der Waals surface area (Å²) >= 11 is 1.50. The lowest BCUT2D eigenvalue weighted by atomic mass is 10.1. The zero-order chi connectivity index (χ0) is 18.8. The van der Waals surface area contributed by atoms with Crippen molar-refractivity contribution in [3.05, 3.63) is 63.5 Å². The Morgan fingerprint density at radius 1 is 1.19 bits per heavy atom. The number of benzene rings is 1. The maximum Gasteiger partial charge on any atom is 0.267 e. The molecule has 0 saturated carbocycles. The monoisotopic (exact) mass is 372 g/mol. The van der Waals surface area contributed by atoms with E-state index in [0.717, 1.165) is 16.9 Å². The van der Waals surface area contributed by atoms with Gasteiger partial charge in [0, 0.05) is 30.2 Å². The predicted octanol–water partition coefficient (Wildman–Crippen LogP) is 3.37. The van der Waals surface area contributed by atoms with E-state index in [1.54, 1.807) is 18.2 Å². The van der Waals surface area contributed by atoms with Crippen molar-refractivity contribution >= 4 is 29.2 Å². The van der Waals surface area contributed by atoms with Crippen LogP contribution in [0, 0.1) is 6.92 Å². The number of nitrogens with one attached hydrogen (secondary N) is 2. The molecule has 0 bridgehead atoms. The van der Waals surface area contributed by atoms with Crippen LogP contribution in [0.2, 0.25) is 0 Å². The highest BCUT2D eigenvalue weighted by atomic mass is 32.1. The maximum absolute atomic E-state index is 12.5. The Kier molecular flexibility index (Phi) is 8.05. The SMILES string of the molecule is CCOCCCNC(=O)/C(=C/c1cccs1)NC(=O)c1ccc(C)cc1. The Balaban J connectivity index is 2.05. The lowest BCUT2D eigenvalue weighted by Crippen LogP contribution is -2.35. The number of thiophene rings is 1. The quantitative estimate of drug-likeness (QED) is 0.524. The summed E-state index contributed by atoms with van der Waals surface area (Å²) in [5.41, 5.74) is 1.81. The summed E-state index contributed by atoms with van der Waals surface area (Å²) in [4.78, 5) is 25.9. The van der Waals surface area contributed by atoms with Crippen LogP contribution in [0.4, 0.5) is 0 Å². The van der Waals surface area contributed by atoms with Gasteiger partial charge < -0.3 is 15.4 Å². The molecule has 0 radical (unpaired) electrons. The van der Waals surface area contributed by atoms with Crippen LogP contribution in [-0.4, -0.2) is 31.6 Å². The molecule has 138 valence electrons. The van der Waals surface area contributed by atoms with Gasteiger partial charge in [-0.2, -0.15) is 0 Å². The van der Waals surface area contributed by atoms with E-state index in [0.29, 0.717) is 25.3 Å². The van der Waals surface area contributed by atoms with Crippen molar-refractivity contribution in [2.24, 2.45) is 0 Å². The molecule has 1 aromatic carbocycles. The highest BCUT2D eigenvalue weighted by Gasteiger charge is 2.14. The van der Waals surface area contributed by atoms with E-state index in [4.69, 9.17) is 4.74 Å². The average Bonchev–Trinajstić information content (AvgIpc) is 3.14. The summed E-state index contributed by atoms with van der Waals surface area (Å²) in [5.74, 6) is -0.618. The van der Waals surface area contributed by atoms with Crippen molar-refractivity contribution < 1.29 is 14.3 Å². The minimum absolute atomic E-state index is 0.231. The lowest BCUT2D eigenvalue weighted by Gasteiger charge is -2.11. The third-order valence-corrected chi connectivity index (χ3v) is 4.41. The summed E-state index contributed by atoms with van der Waals surface area (Å²) in [6.45, 7) is 5.63. The van der Waals surface area contributed by atoms with Crippen molar-refractivity contribution in [2.45, 2.75) is 20.3 Å². The lowest BCUT2D eigenvalue weighted by molar-refractivity contribution is -0.117. The van der Waals surface area contributed by atoms with Gasteiger partial charge in [0.05, 0.1) is 0 Å². The van der Waals surface area contributed by atoms with Crippen molar-refractivity contribution in [1.29, 1.82) is 0 Å². The minimum atomic E-state index is -0.310. The highest BCUT2D eigenvalue weighted by Crippen LogP contribution is 2.13. The fraction of sp³-hybridized carbons (Fsp3) is 0.300. The van der Waals surface area contributed by atoms with Crippen LogP contribution in [-0.2, 0) is 9.53 Å². The second-order valence-electron chi connectivity index (χ2n) is 5.70. The number of hydrogen-bond donors (Lipinski definition) is 2. The van der Waals surface area contributed by atoms with Crippen LogP contribution in [0.3, 0.4) is 0 Å². The Labute approximate surface area is 158 Å². The van der Waals surface area contributed by atoms with Gasteiger partial charge in [0.25, 0.3) is 11.8 Å². The molecule has 0 aliphatic rings. The molecular formula is C20H24N2O3S. The van der Waals surface area contributed by atoms with Crippen LogP contribution >= 0.6 is 11.3 Å². The molecular weight excluding hydrogens is 348 g/mol. The number of ether oxygens (including phenoxy) is 1. The molecule has 2 N–H and O–H groups in total. The number of hydrogen-bond acceptors (Lipinski definition) is 4. The number of aryl methyl sites for hydroxylation is 1. The zero-order valence-corrected chi connectivity index (χ0v) is 15.9. The summed E-state index contributed by atoms with van der Waals surface area (Å²) in [5, 5.41) is 7.47. The van der Waals surface area contributed by atoms with Gasteiger partial charge >= 0.3 is 0 Å². The van der Waals surface area contributed by atoms with Crippen LogP contribution in [0.15, 0.2) is 47.5 Å². The topological polar surface area (TPSA) is 67.4 Å². The first kappa shape index (κ1) is 19.9.